The molecule has 0 bridgehead atoms. The third-order valence-corrected chi connectivity index (χ3v) is 5.03. The fourth-order valence-corrected chi connectivity index (χ4v) is 3.76. The summed E-state index contributed by atoms with van der Waals surface area (Å²) in [6.45, 7) is 1.68. The second-order valence-electron chi connectivity index (χ2n) is 5.67. The van der Waals surface area contributed by atoms with Gasteiger partial charge in [-0.25, -0.2) is 4.39 Å². The number of esters is 1. The van der Waals surface area contributed by atoms with Crippen LogP contribution in [0.1, 0.15) is 12.5 Å². The molecule has 3 rings (SSSR count). The minimum atomic E-state index is -0.521. The molecule has 0 saturated heterocycles. The van der Waals surface area contributed by atoms with Crippen LogP contribution in [0.4, 0.5) is 4.39 Å². The quantitative estimate of drug-likeness (QED) is 0.606. The maximum Gasteiger partial charge on any atom is 0.326 e. The highest BCUT2D eigenvalue weighted by Crippen LogP contribution is 2.20. The van der Waals surface area contributed by atoms with E-state index in [-0.39, 0.29) is 29.9 Å². The maximum absolute atomic E-state index is 14.3. The molecule has 0 saturated carbocycles. The molecule has 1 aromatic heterocycles. The van der Waals surface area contributed by atoms with E-state index in [4.69, 9.17) is 16.3 Å². The molecule has 2 aromatic carbocycles. The molecule has 0 radical (unpaired) electrons. The van der Waals surface area contributed by atoms with Crippen LogP contribution in [0.5, 0.6) is 0 Å². The Morgan fingerprint density at radius 2 is 1.96 bits per heavy atom. The Kier molecular flexibility index (Phi) is 6.03. The van der Waals surface area contributed by atoms with Gasteiger partial charge in [-0.15, -0.1) is 0 Å². The smallest absolute Gasteiger partial charge is 0.326 e. The van der Waals surface area contributed by atoms with Gasteiger partial charge in [0, 0.05) is 5.02 Å². The van der Waals surface area contributed by atoms with Gasteiger partial charge in [0.05, 0.1) is 23.2 Å². The summed E-state index contributed by atoms with van der Waals surface area (Å²) in [5.74, 6) is -1.41. The molecule has 0 aliphatic carbocycles. The number of carbonyl (C=O) groups excluding carboxylic acids is 2. The Balaban J connectivity index is 2.00. The molecule has 140 valence electrons. The van der Waals surface area contributed by atoms with E-state index in [1.54, 1.807) is 43.3 Å². The van der Waals surface area contributed by atoms with Crippen molar-refractivity contribution in [2.45, 2.75) is 19.9 Å². The predicted molar refractivity (Wildman–Crippen MR) is 102 cm³/mol. The molecule has 1 heterocycles. The summed E-state index contributed by atoms with van der Waals surface area (Å²) in [5, 5.41) is 0.579. The van der Waals surface area contributed by atoms with Gasteiger partial charge in [-0.2, -0.15) is 4.99 Å². The van der Waals surface area contributed by atoms with Crippen LogP contribution >= 0.6 is 22.9 Å². The fraction of sp³-hybridized carbons (Fsp3) is 0.211. The summed E-state index contributed by atoms with van der Waals surface area (Å²) < 4.78 is 21.2. The third-order valence-electron chi connectivity index (χ3n) is 3.73. The molecule has 0 spiro atoms. The van der Waals surface area contributed by atoms with E-state index in [1.807, 2.05) is 0 Å². The van der Waals surface area contributed by atoms with Crippen LogP contribution in [0.25, 0.3) is 10.2 Å². The first kappa shape index (κ1) is 19.3. The van der Waals surface area contributed by atoms with E-state index in [2.05, 4.69) is 4.99 Å². The van der Waals surface area contributed by atoms with Crippen molar-refractivity contribution >= 4 is 45.0 Å². The lowest BCUT2D eigenvalue weighted by molar-refractivity contribution is -0.143. The molecule has 27 heavy (non-hydrogen) atoms. The van der Waals surface area contributed by atoms with Gasteiger partial charge < -0.3 is 9.30 Å². The molecule has 1 amide bonds. The standard InChI is InChI=1S/C19H16ClFN2O3S/c1-2-26-17(25)11-23-18-14(21)4-3-5-15(18)27-19(23)22-16(24)10-12-6-8-13(20)9-7-12/h3-9H,2,10-11H2,1H3. The molecular formula is C19H16ClFN2O3S. The number of hydrogen-bond acceptors (Lipinski definition) is 4. The number of fused-ring (bicyclic) bond motifs is 1. The van der Waals surface area contributed by atoms with Gasteiger partial charge in [-0.05, 0) is 36.8 Å². The summed E-state index contributed by atoms with van der Waals surface area (Å²) in [6, 6.07) is 11.5. The Morgan fingerprint density at radius 1 is 1.22 bits per heavy atom. The van der Waals surface area contributed by atoms with Crippen molar-refractivity contribution in [1.82, 2.24) is 4.57 Å². The van der Waals surface area contributed by atoms with Crippen LogP contribution in [-0.2, 0) is 27.3 Å². The summed E-state index contributed by atoms with van der Waals surface area (Å²) in [7, 11) is 0. The minimum absolute atomic E-state index is 0.0767. The molecule has 0 aliphatic heterocycles. The minimum Gasteiger partial charge on any atom is -0.465 e. The first-order valence-corrected chi connectivity index (χ1v) is 9.43. The zero-order chi connectivity index (χ0) is 19.4. The van der Waals surface area contributed by atoms with Gasteiger partial charge in [0.25, 0.3) is 5.91 Å². The van der Waals surface area contributed by atoms with Crippen LogP contribution in [0, 0.1) is 5.82 Å². The van der Waals surface area contributed by atoms with E-state index >= 15 is 0 Å². The summed E-state index contributed by atoms with van der Waals surface area (Å²) in [5.41, 5.74) is 0.992. The lowest BCUT2D eigenvalue weighted by Crippen LogP contribution is -2.23. The fourth-order valence-electron chi connectivity index (χ4n) is 2.58. The number of nitrogens with zero attached hydrogens (tertiary/aromatic N) is 2. The highest BCUT2D eigenvalue weighted by molar-refractivity contribution is 7.16. The molecule has 8 heteroatoms. The Bertz CT molecular complexity index is 1060. The first-order chi connectivity index (χ1) is 13.0. The van der Waals surface area contributed by atoms with E-state index in [0.29, 0.717) is 9.72 Å². The highest BCUT2D eigenvalue weighted by atomic mass is 35.5. The van der Waals surface area contributed by atoms with Crippen LogP contribution < -0.4 is 4.80 Å². The second kappa shape index (κ2) is 8.45. The normalized spacial score (nSPS) is 11.7. The number of ether oxygens (including phenoxy) is 1. The average Bonchev–Trinajstić information content (AvgIpc) is 2.95. The SMILES string of the molecule is CCOC(=O)Cn1c(=NC(=O)Cc2ccc(Cl)cc2)sc2cccc(F)c21. The van der Waals surface area contributed by atoms with Gasteiger partial charge in [0.1, 0.15) is 12.4 Å². The number of hydrogen-bond donors (Lipinski definition) is 0. The maximum atomic E-state index is 14.3. The van der Waals surface area contributed by atoms with Gasteiger partial charge in [0.2, 0.25) is 0 Å². The van der Waals surface area contributed by atoms with Crippen molar-refractivity contribution in [3.8, 4) is 0 Å². The van der Waals surface area contributed by atoms with E-state index in [0.717, 1.165) is 16.9 Å². The largest absolute Gasteiger partial charge is 0.465 e. The van der Waals surface area contributed by atoms with Crippen molar-refractivity contribution in [2.75, 3.05) is 6.61 Å². The van der Waals surface area contributed by atoms with Crippen LogP contribution in [0.2, 0.25) is 5.02 Å². The molecule has 0 N–H and O–H groups in total. The van der Waals surface area contributed by atoms with Gasteiger partial charge in [0.15, 0.2) is 4.80 Å². The van der Waals surface area contributed by atoms with Crippen molar-refractivity contribution in [3.05, 3.63) is 63.7 Å². The lowest BCUT2D eigenvalue weighted by Gasteiger charge is -2.05. The van der Waals surface area contributed by atoms with Crippen LogP contribution in [-0.4, -0.2) is 23.1 Å². The highest BCUT2D eigenvalue weighted by Gasteiger charge is 2.15. The molecule has 0 aliphatic rings. The van der Waals surface area contributed by atoms with Crippen LogP contribution in [0.3, 0.4) is 0 Å². The number of carbonyl (C=O) groups is 2. The number of amides is 1. The lowest BCUT2D eigenvalue weighted by atomic mass is 10.1. The number of benzene rings is 2. The molecule has 0 atom stereocenters. The Labute approximate surface area is 163 Å². The number of aromatic nitrogens is 1. The number of thiazole rings is 1. The van der Waals surface area contributed by atoms with Crippen molar-refractivity contribution in [3.63, 3.8) is 0 Å². The summed E-state index contributed by atoms with van der Waals surface area (Å²) in [6.07, 6.45) is 0.0767. The first-order valence-electron chi connectivity index (χ1n) is 8.23. The molecule has 3 aromatic rings. The van der Waals surface area contributed by atoms with Crippen LogP contribution in [0.15, 0.2) is 47.5 Å². The van der Waals surface area contributed by atoms with Crippen molar-refractivity contribution in [1.29, 1.82) is 0 Å². The monoisotopic (exact) mass is 406 g/mol. The molecule has 0 fully saturated rings. The van der Waals surface area contributed by atoms with E-state index < -0.39 is 17.7 Å². The van der Waals surface area contributed by atoms with Crippen molar-refractivity contribution < 1.29 is 18.7 Å². The van der Waals surface area contributed by atoms with E-state index in [1.165, 1.54) is 10.6 Å². The number of rotatable bonds is 5. The average molecular weight is 407 g/mol. The van der Waals surface area contributed by atoms with Crippen molar-refractivity contribution in [2.24, 2.45) is 4.99 Å². The Hall–Kier alpha value is -2.51. The predicted octanol–water partition coefficient (Wildman–Crippen LogP) is 3.73. The Morgan fingerprint density at radius 3 is 2.67 bits per heavy atom. The zero-order valence-corrected chi connectivity index (χ0v) is 16.0. The van der Waals surface area contributed by atoms with E-state index in [9.17, 15) is 14.0 Å². The molecule has 5 nitrogen and oxygen atoms in total. The molecule has 0 unspecified atom stereocenters. The number of halogens is 2. The topological polar surface area (TPSA) is 60.7 Å². The third kappa shape index (κ3) is 4.61. The van der Waals surface area contributed by atoms with Gasteiger partial charge in [-0.3, -0.25) is 9.59 Å². The summed E-state index contributed by atoms with van der Waals surface area (Å²) in [4.78, 5) is 28.7. The molecular weight excluding hydrogens is 391 g/mol. The van der Waals surface area contributed by atoms with Gasteiger partial charge >= 0.3 is 5.97 Å². The van der Waals surface area contributed by atoms with Gasteiger partial charge in [-0.1, -0.05) is 41.1 Å². The summed E-state index contributed by atoms with van der Waals surface area (Å²) >= 11 is 6.99. The second-order valence-corrected chi connectivity index (χ2v) is 7.12. The number of para-hydroxylation sites is 1. The zero-order valence-electron chi connectivity index (χ0n) is 14.4.